The van der Waals surface area contributed by atoms with Crippen LogP contribution in [0.25, 0.3) is 0 Å². The van der Waals surface area contributed by atoms with Crippen LogP contribution in [0.1, 0.15) is 97.3 Å². The summed E-state index contributed by atoms with van der Waals surface area (Å²) in [5.74, 6) is 4.10. The number of fused-ring (bicyclic) bond motifs is 3. The molecule has 0 aliphatic heterocycles. The normalized spacial score (nSPS) is 36.3. The Morgan fingerprint density at radius 3 is 2.70 bits per heavy atom. The Balaban J connectivity index is 1.43. The molecule has 30 heavy (non-hydrogen) atoms. The number of nitrogens with zero attached hydrogens (tertiary/aromatic N) is 1. The summed E-state index contributed by atoms with van der Waals surface area (Å²) in [7, 11) is 0. The van der Waals surface area contributed by atoms with Crippen molar-refractivity contribution < 1.29 is 14.3 Å². The predicted octanol–water partition coefficient (Wildman–Crippen LogP) is 5.98. The largest absolute Gasteiger partial charge is 0.449 e. The summed E-state index contributed by atoms with van der Waals surface area (Å²) >= 11 is 0. The average Bonchev–Trinajstić information content (AvgIpc) is 3.39. The summed E-state index contributed by atoms with van der Waals surface area (Å²) in [4.78, 5) is 17.3. The first kappa shape index (κ1) is 22.0. The molecule has 3 aliphatic carbocycles. The summed E-state index contributed by atoms with van der Waals surface area (Å²) in [5, 5.41) is 10.8. The van der Waals surface area contributed by atoms with Crippen molar-refractivity contribution in [3.8, 4) is 0 Å². The first-order chi connectivity index (χ1) is 14.4. The summed E-state index contributed by atoms with van der Waals surface area (Å²) in [5.41, 5.74) is -0.318. The second-order valence-electron chi connectivity index (χ2n) is 10.8. The van der Waals surface area contributed by atoms with Crippen LogP contribution in [0, 0.1) is 35.0 Å². The molecule has 6 unspecified atom stereocenters. The zero-order valence-electron chi connectivity index (χ0n) is 19.2. The van der Waals surface area contributed by atoms with Gasteiger partial charge in [0, 0.05) is 5.92 Å². The molecule has 0 amide bonds. The lowest BCUT2D eigenvalue weighted by Gasteiger charge is -2.53. The Hall–Kier alpha value is -1.16. The highest BCUT2D eigenvalue weighted by atomic mass is 16.3. The lowest BCUT2D eigenvalue weighted by Crippen LogP contribution is -2.47. The van der Waals surface area contributed by atoms with Crippen molar-refractivity contribution in [1.82, 2.24) is 4.98 Å². The van der Waals surface area contributed by atoms with Crippen molar-refractivity contribution >= 4 is 5.78 Å². The summed E-state index contributed by atoms with van der Waals surface area (Å²) in [6.07, 6.45) is 16.1. The Kier molecular flexibility index (Phi) is 6.44. The quantitative estimate of drug-likeness (QED) is 0.567. The Morgan fingerprint density at radius 1 is 1.20 bits per heavy atom. The van der Waals surface area contributed by atoms with E-state index in [1.807, 2.05) is 0 Å². The topological polar surface area (TPSA) is 63.3 Å². The number of oxazole rings is 1. The molecule has 1 N–H and O–H groups in total. The van der Waals surface area contributed by atoms with Crippen LogP contribution >= 0.6 is 0 Å². The van der Waals surface area contributed by atoms with E-state index in [4.69, 9.17) is 4.42 Å². The molecule has 1 heterocycles. The molecule has 3 fully saturated rings. The van der Waals surface area contributed by atoms with Gasteiger partial charge in [-0.15, -0.1) is 0 Å². The number of hydrogen-bond donors (Lipinski definition) is 1. The highest BCUT2D eigenvalue weighted by molar-refractivity contribution is 5.83. The molecule has 0 spiro atoms. The van der Waals surface area contributed by atoms with Crippen LogP contribution in [-0.2, 0) is 11.2 Å². The van der Waals surface area contributed by atoms with Crippen LogP contribution in [0.2, 0.25) is 0 Å². The maximum Gasteiger partial charge on any atom is 0.201 e. The molecule has 0 bridgehead atoms. The SMILES string of the molecule is CCC(O)(CC)CCC1CCCC2C1CCC1(C)C(C(=O)Cc3ncco3)CCC21. The molecule has 6 atom stereocenters. The second-order valence-corrected chi connectivity index (χ2v) is 10.8. The van der Waals surface area contributed by atoms with Gasteiger partial charge in [-0.05, 0) is 86.9 Å². The van der Waals surface area contributed by atoms with Crippen molar-refractivity contribution in [3.05, 3.63) is 18.4 Å². The summed E-state index contributed by atoms with van der Waals surface area (Å²) < 4.78 is 5.35. The van der Waals surface area contributed by atoms with Gasteiger partial charge >= 0.3 is 0 Å². The molecular formula is C26H41NO3. The van der Waals surface area contributed by atoms with Crippen LogP contribution in [0.4, 0.5) is 0 Å². The maximum absolute atomic E-state index is 13.1. The Bertz CT molecular complexity index is 710. The second kappa shape index (κ2) is 8.76. The number of ketones is 1. The molecule has 1 aromatic rings. The fraction of sp³-hybridized carbons (Fsp3) is 0.846. The van der Waals surface area contributed by atoms with Crippen molar-refractivity contribution in [2.45, 2.75) is 103 Å². The van der Waals surface area contributed by atoms with Gasteiger partial charge in [0.05, 0.1) is 18.2 Å². The molecule has 4 heteroatoms. The fourth-order valence-corrected chi connectivity index (χ4v) is 7.70. The van der Waals surface area contributed by atoms with E-state index in [-0.39, 0.29) is 11.3 Å². The van der Waals surface area contributed by atoms with Crippen LogP contribution in [0.3, 0.4) is 0 Å². The van der Waals surface area contributed by atoms with Crippen molar-refractivity contribution in [2.75, 3.05) is 0 Å². The average molecular weight is 416 g/mol. The van der Waals surface area contributed by atoms with Crippen molar-refractivity contribution in [3.63, 3.8) is 0 Å². The van der Waals surface area contributed by atoms with Gasteiger partial charge in [0.1, 0.15) is 12.0 Å². The minimum absolute atomic E-state index is 0.153. The van der Waals surface area contributed by atoms with Gasteiger partial charge in [0.15, 0.2) is 0 Å². The minimum Gasteiger partial charge on any atom is -0.449 e. The molecule has 3 aliphatic rings. The number of aliphatic hydroxyl groups is 1. The van der Waals surface area contributed by atoms with E-state index in [9.17, 15) is 9.90 Å². The van der Waals surface area contributed by atoms with Crippen LogP contribution in [0.15, 0.2) is 16.9 Å². The predicted molar refractivity (Wildman–Crippen MR) is 118 cm³/mol. The zero-order valence-corrected chi connectivity index (χ0v) is 19.2. The fourth-order valence-electron chi connectivity index (χ4n) is 7.70. The van der Waals surface area contributed by atoms with Gasteiger partial charge in [-0.2, -0.15) is 0 Å². The summed E-state index contributed by atoms with van der Waals surface area (Å²) in [6.45, 7) is 6.65. The molecule has 1 aromatic heterocycles. The molecule has 0 saturated heterocycles. The first-order valence-corrected chi connectivity index (χ1v) is 12.5. The smallest absolute Gasteiger partial charge is 0.201 e. The Labute approximate surface area is 182 Å². The standard InChI is InChI=1S/C26H41NO3/c1-4-26(29,5-2)14-11-18-7-6-8-20-19(18)12-13-25(3)21(20)9-10-22(25)23(28)17-24-27-15-16-30-24/h15-16,18-22,29H,4-14,17H2,1-3H3. The van der Waals surface area contributed by atoms with E-state index in [2.05, 4.69) is 25.8 Å². The lowest BCUT2D eigenvalue weighted by atomic mass is 9.52. The van der Waals surface area contributed by atoms with E-state index < -0.39 is 5.60 Å². The molecule has 168 valence electrons. The van der Waals surface area contributed by atoms with Crippen molar-refractivity contribution in [2.24, 2.45) is 35.0 Å². The molecule has 4 nitrogen and oxygen atoms in total. The van der Waals surface area contributed by atoms with Gasteiger partial charge in [0.2, 0.25) is 5.89 Å². The Morgan fingerprint density at radius 2 is 2.00 bits per heavy atom. The number of aromatic nitrogens is 1. The van der Waals surface area contributed by atoms with Crippen LogP contribution in [0.5, 0.6) is 0 Å². The van der Waals surface area contributed by atoms with Crippen LogP contribution < -0.4 is 0 Å². The highest BCUT2D eigenvalue weighted by Crippen LogP contribution is 2.63. The highest BCUT2D eigenvalue weighted by Gasteiger charge is 2.57. The number of carbonyl (C=O) groups excluding carboxylic acids is 1. The molecular weight excluding hydrogens is 374 g/mol. The summed E-state index contributed by atoms with van der Waals surface area (Å²) in [6, 6.07) is 0. The van der Waals surface area contributed by atoms with Crippen LogP contribution in [-0.4, -0.2) is 21.5 Å². The van der Waals surface area contributed by atoms with E-state index in [1.165, 1.54) is 44.9 Å². The van der Waals surface area contributed by atoms with Gasteiger partial charge in [-0.1, -0.05) is 33.6 Å². The number of carbonyl (C=O) groups is 1. The maximum atomic E-state index is 13.1. The first-order valence-electron chi connectivity index (χ1n) is 12.5. The van der Waals surface area contributed by atoms with E-state index in [1.54, 1.807) is 12.5 Å². The van der Waals surface area contributed by atoms with E-state index in [0.717, 1.165) is 43.4 Å². The van der Waals surface area contributed by atoms with E-state index in [0.29, 0.717) is 24.0 Å². The number of hydrogen-bond acceptors (Lipinski definition) is 4. The molecule has 3 saturated carbocycles. The zero-order chi connectivity index (χ0) is 21.4. The third-order valence-electron chi connectivity index (χ3n) is 9.70. The van der Waals surface area contributed by atoms with Crippen molar-refractivity contribution in [1.29, 1.82) is 0 Å². The molecule has 4 rings (SSSR count). The van der Waals surface area contributed by atoms with Gasteiger partial charge in [-0.25, -0.2) is 4.98 Å². The molecule has 0 radical (unpaired) electrons. The van der Waals surface area contributed by atoms with Gasteiger partial charge in [-0.3, -0.25) is 4.79 Å². The van der Waals surface area contributed by atoms with Gasteiger partial charge in [0.25, 0.3) is 0 Å². The van der Waals surface area contributed by atoms with E-state index >= 15 is 0 Å². The minimum atomic E-state index is -0.471. The molecule has 0 aromatic carbocycles. The number of Topliss-reactive ketones (excluding diaryl/α,β-unsaturated/α-hetero) is 1. The monoisotopic (exact) mass is 415 g/mol. The number of rotatable bonds is 8. The lowest BCUT2D eigenvalue weighted by molar-refractivity contribution is -0.129. The van der Waals surface area contributed by atoms with Gasteiger partial charge < -0.3 is 9.52 Å². The third kappa shape index (κ3) is 4.01. The third-order valence-corrected chi connectivity index (χ3v) is 9.70.